The smallest absolute Gasteiger partial charge is 0.222 e. The Kier molecular flexibility index (Phi) is 8.85. The molecule has 0 bridgehead atoms. The topological polar surface area (TPSA) is 87.8 Å². The molecule has 182 valence electrons. The number of carbonyl (C=O) groups excluding carboxylic acids is 1. The van der Waals surface area contributed by atoms with Crippen LogP contribution in [0.25, 0.3) is 0 Å². The number of halogens is 1. The number of amides is 1. The van der Waals surface area contributed by atoms with Crippen molar-refractivity contribution < 1.29 is 14.0 Å². The summed E-state index contributed by atoms with van der Waals surface area (Å²) in [5.74, 6) is 1.26. The molecule has 0 saturated carbocycles. The summed E-state index contributed by atoms with van der Waals surface area (Å²) >= 11 is 1.51. The highest BCUT2D eigenvalue weighted by atomic mass is 32.1. The largest absolute Gasteiger partial charge is 0.396 e. The maximum absolute atomic E-state index is 12.9. The van der Waals surface area contributed by atoms with E-state index in [9.17, 15) is 9.18 Å². The number of nitrogens with zero attached hydrogens (tertiary/aromatic N) is 5. The van der Waals surface area contributed by atoms with Crippen molar-refractivity contribution in [1.82, 2.24) is 14.3 Å². The zero-order valence-corrected chi connectivity index (χ0v) is 20.8. The number of carbonyl (C=O) groups is 1. The fraction of sp³-hybridized carbons (Fsp3) is 0.609. The minimum Gasteiger partial charge on any atom is -0.396 e. The molecule has 4 rings (SSSR count). The maximum Gasteiger partial charge on any atom is 0.222 e. The van der Waals surface area contributed by atoms with Crippen molar-refractivity contribution in [2.24, 2.45) is 0 Å². The lowest BCUT2D eigenvalue weighted by Crippen LogP contribution is -2.49. The first-order valence-corrected chi connectivity index (χ1v) is 12.3. The second-order valence-corrected chi connectivity index (χ2v) is 9.47. The quantitative estimate of drug-likeness (QED) is 0.512. The SMILES string of the molecule is CC(C)c1nsc(N2CCC(N3CCCCC3=O)CC2)n1.CON(C)c1ccc(N)c(F)c1. The molecule has 0 spiro atoms. The van der Waals surface area contributed by atoms with Gasteiger partial charge in [-0.3, -0.25) is 14.7 Å². The van der Waals surface area contributed by atoms with E-state index in [0.717, 1.165) is 56.3 Å². The molecular weight excluding hydrogens is 443 g/mol. The van der Waals surface area contributed by atoms with Gasteiger partial charge >= 0.3 is 0 Å². The summed E-state index contributed by atoms with van der Waals surface area (Å²) in [6.07, 6.45) is 5.09. The van der Waals surface area contributed by atoms with E-state index in [1.165, 1.54) is 42.3 Å². The van der Waals surface area contributed by atoms with Gasteiger partial charge in [-0.05, 0) is 37.8 Å². The first-order chi connectivity index (χ1) is 15.8. The zero-order valence-electron chi connectivity index (χ0n) is 20.0. The molecule has 2 saturated heterocycles. The lowest BCUT2D eigenvalue weighted by molar-refractivity contribution is -0.136. The Morgan fingerprint density at radius 2 is 1.97 bits per heavy atom. The third-order valence-corrected chi connectivity index (χ3v) is 6.90. The van der Waals surface area contributed by atoms with Gasteiger partial charge in [0.05, 0.1) is 18.5 Å². The van der Waals surface area contributed by atoms with Crippen LogP contribution in [0.4, 0.5) is 20.9 Å². The van der Waals surface area contributed by atoms with Crippen LogP contribution in [0, 0.1) is 5.82 Å². The van der Waals surface area contributed by atoms with Crippen LogP contribution in [-0.4, -0.2) is 60.0 Å². The molecule has 1 amide bonds. The number of aromatic nitrogens is 2. The molecule has 2 N–H and O–H groups in total. The van der Waals surface area contributed by atoms with Crippen LogP contribution in [0.15, 0.2) is 18.2 Å². The van der Waals surface area contributed by atoms with Gasteiger partial charge < -0.3 is 15.5 Å². The highest BCUT2D eigenvalue weighted by molar-refractivity contribution is 7.09. The van der Waals surface area contributed by atoms with E-state index in [1.54, 1.807) is 13.1 Å². The third kappa shape index (κ3) is 6.54. The summed E-state index contributed by atoms with van der Waals surface area (Å²) in [4.78, 5) is 26.0. The summed E-state index contributed by atoms with van der Waals surface area (Å²) in [6.45, 7) is 7.18. The highest BCUT2D eigenvalue weighted by Crippen LogP contribution is 2.27. The molecule has 8 nitrogen and oxygen atoms in total. The lowest BCUT2D eigenvalue weighted by Gasteiger charge is -2.40. The number of anilines is 3. The Morgan fingerprint density at radius 3 is 2.55 bits per heavy atom. The van der Waals surface area contributed by atoms with E-state index >= 15 is 0 Å². The van der Waals surface area contributed by atoms with Crippen LogP contribution in [0.1, 0.15) is 57.7 Å². The number of hydrogen-bond acceptors (Lipinski definition) is 8. The van der Waals surface area contributed by atoms with Gasteiger partial charge in [0, 0.05) is 62.7 Å². The summed E-state index contributed by atoms with van der Waals surface area (Å²) in [5.41, 5.74) is 6.07. The van der Waals surface area contributed by atoms with Crippen LogP contribution in [0.5, 0.6) is 0 Å². The van der Waals surface area contributed by atoms with Gasteiger partial charge in [0.2, 0.25) is 11.0 Å². The van der Waals surface area contributed by atoms with Crippen molar-refractivity contribution in [1.29, 1.82) is 0 Å². The monoisotopic (exact) mass is 478 g/mol. The number of piperidine rings is 2. The van der Waals surface area contributed by atoms with Crippen LogP contribution in [0.3, 0.4) is 0 Å². The molecule has 3 heterocycles. The van der Waals surface area contributed by atoms with Crippen molar-refractivity contribution in [3.05, 3.63) is 29.8 Å². The summed E-state index contributed by atoms with van der Waals surface area (Å²) in [7, 11) is 3.19. The minimum atomic E-state index is -0.434. The molecule has 2 aliphatic rings. The normalized spacial score (nSPS) is 17.2. The minimum absolute atomic E-state index is 0.142. The van der Waals surface area contributed by atoms with Crippen molar-refractivity contribution in [3.63, 3.8) is 0 Å². The van der Waals surface area contributed by atoms with Gasteiger partial charge in [-0.2, -0.15) is 4.37 Å². The van der Waals surface area contributed by atoms with Gasteiger partial charge in [0.15, 0.2) is 0 Å². The molecule has 2 aliphatic heterocycles. The molecule has 0 unspecified atom stereocenters. The molecule has 0 aliphatic carbocycles. The molecule has 0 atom stereocenters. The Bertz CT molecular complexity index is 916. The van der Waals surface area contributed by atoms with E-state index in [4.69, 9.17) is 10.6 Å². The number of benzene rings is 1. The molecule has 0 radical (unpaired) electrons. The second-order valence-electron chi connectivity index (χ2n) is 8.74. The molecule has 33 heavy (non-hydrogen) atoms. The number of hydroxylamine groups is 1. The predicted molar refractivity (Wildman–Crippen MR) is 131 cm³/mol. The third-order valence-electron chi connectivity index (χ3n) is 6.10. The number of likely N-dealkylation sites (tertiary alicyclic amines) is 1. The van der Waals surface area contributed by atoms with Gasteiger partial charge in [-0.1, -0.05) is 13.8 Å². The van der Waals surface area contributed by atoms with Crippen molar-refractivity contribution >= 4 is 33.9 Å². The first-order valence-electron chi connectivity index (χ1n) is 11.5. The van der Waals surface area contributed by atoms with E-state index in [0.29, 0.717) is 23.6 Å². The second kappa shape index (κ2) is 11.6. The highest BCUT2D eigenvalue weighted by Gasteiger charge is 2.30. The average Bonchev–Trinajstić information content (AvgIpc) is 3.32. The Hall–Kier alpha value is -2.46. The fourth-order valence-electron chi connectivity index (χ4n) is 3.99. The fourth-order valence-corrected chi connectivity index (χ4v) is 4.85. The van der Waals surface area contributed by atoms with E-state index in [2.05, 4.69) is 33.0 Å². The Labute approximate surface area is 199 Å². The number of rotatable bonds is 5. The molecule has 1 aromatic heterocycles. The number of hydrogen-bond donors (Lipinski definition) is 1. The average molecular weight is 479 g/mol. The van der Waals surface area contributed by atoms with Crippen LogP contribution < -0.4 is 15.7 Å². The molecule has 1 aromatic carbocycles. The van der Waals surface area contributed by atoms with Crippen molar-refractivity contribution in [2.75, 3.05) is 49.5 Å². The van der Waals surface area contributed by atoms with Crippen molar-refractivity contribution in [3.8, 4) is 0 Å². The van der Waals surface area contributed by atoms with Crippen LogP contribution in [0.2, 0.25) is 0 Å². The zero-order chi connectivity index (χ0) is 24.0. The number of nitrogens with two attached hydrogens (primary N) is 1. The molecule has 10 heteroatoms. The van der Waals surface area contributed by atoms with Gasteiger partial charge in [-0.25, -0.2) is 9.37 Å². The van der Waals surface area contributed by atoms with Gasteiger partial charge in [0.1, 0.15) is 11.6 Å². The summed E-state index contributed by atoms with van der Waals surface area (Å²) < 4.78 is 17.3. The first kappa shape index (κ1) is 25.2. The molecule has 2 aromatic rings. The van der Waals surface area contributed by atoms with E-state index in [-0.39, 0.29) is 5.69 Å². The standard InChI is InChI=1S/C15H24N4OS.C8H11FN2O/c1-11(2)14-16-15(21-17-14)18-9-6-12(7-10-18)19-8-4-3-5-13(19)20;1-11(12-2)6-3-4-8(10)7(9)5-6/h11-12H,3-10H2,1-2H3;3-5H,10H2,1-2H3. The van der Waals surface area contributed by atoms with Crippen LogP contribution in [-0.2, 0) is 9.63 Å². The van der Waals surface area contributed by atoms with E-state index < -0.39 is 5.82 Å². The molecule has 2 fully saturated rings. The van der Waals surface area contributed by atoms with E-state index in [1.807, 2.05) is 0 Å². The van der Waals surface area contributed by atoms with Gasteiger partial charge in [-0.15, -0.1) is 0 Å². The molecular formula is C23H35FN6O2S. The van der Waals surface area contributed by atoms with Crippen molar-refractivity contribution in [2.45, 2.75) is 57.9 Å². The maximum atomic E-state index is 12.9. The number of nitrogen functional groups attached to an aromatic ring is 1. The Balaban J connectivity index is 0.000000218. The summed E-state index contributed by atoms with van der Waals surface area (Å²) in [6, 6.07) is 4.94. The summed E-state index contributed by atoms with van der Waals surface area (Å²) in [5, 5.41) is 2.49. The van der Waals surface area contributed by atoms with Crippen LogP contribution >= 0.6 is 11.5 Å². The Morgan fingerprint density at radius 1 is 1.24 bits per heavy atom. The lowest BCUT2D eigenvalue weighted by atomic mass is 10.00. The predicted octanol–water partition coefficient (Wildman–Crippen LogP) is 4.05. The van der Waals surface area contributed by atoms with Gasteiger partial charge in [0.25, 0.3) is 0 Å².